The number of hydrogen-bond acceptors (Lipinski definition) is 4. The Labute approximate surface area is 143 Å². The average Bonchev–Trinajstić information content (AvgIpc) is 2.75. The molecule has 2 aromatic rings. The van der Waals surface area contributed by atoms with Crippen molar-refractivity contribution in [3.63, 3.8) is 0 Å². The summed E-state index contributed by atoms with van der Waals surface area (Å²) in [5, 5.41) is 5.04. The van der Waals surface area contributed by atoms with E-state index in [1.165, 1.54) is 40.5 Å². The van der Waals surface area contributed by atoms with Crippen molar-refractivity contribution in [2.24, 2.45) is 5.14 Å². The summed E-state index contributed by atoms with van der Waals surface area (Å²) in [5.74, 6) is -0.202. The van der Waals surface area contributed by atoms with Gasteiger partial charge in [0.1, 0.15) is 0 Å². The number of nitrogens with two attached hydrogens (primary N) is 1. The number of benzene rings is 1. The summed E-state index contributed by atoms with van der Waals surface area (Å²) in [5.41, 5.74) is 1.10. The molecule has 5 nitrogen and oxygen atoms in total. The van der Waals surface area contributed by atoms with Gasteiger partial charge in [-0.25, -0.2) is 13.6 Å². The van der Waals surface area contributed by atoms with Crippen molar-refractivity contribution in [2.75, 3.05) is 11.9 Å². The molecule has 21 heavy (non-hydrogen) atoms. The first-order chi connectivity index (χ1) is 9.70. The molecule has 1 aromatic carbocycles. The molecule has 112 valence electrons. The number of rotatable bonds is 3. The lowest BCUT2D eigenvalue weighted by atomic mass is 10.2. The molecule has 2 rings (SSSR count). The molecular weight excluding hydrogens is 444 g/mol. The van der Waals surface area contributed by atoms with Gasteiger partial charge in [0.2, 0.25) is 10.0 Å². The predicted molar refractivity (Wildman–Crippen MR) is 90.3 cm³/mol. The van der Waals surface area contributed by atoms with E-state index in [4.69, 9.17) is 5.14 Å². The van der Waals surface area contributed by atoms with Gasteiger partial charge < -0.3 is 4.90 Å². The second-order valence-electron chi connectivity index (χ2n) is 4.14. The van der Waals surface area contributed by atoms with Gasteiger partial charge in [-0.05, 0) is 62.2 Å². The minimum Gasteiger partial charge on any atom is -0.311 e. The summed E-state index contributed by atoms with van der Waals surface area (Å²) in [6, 6.07) is 7.53. The number of hydrogen-bond donors (Lipinski definition) is 1. The number of amides is 1. The van der Waals surface area contributed by atoms with Crippen molar-refractivity contribution in [2.45, 2.75) is 4.90 Å². The highest BCUT2D eigenvalue weighted by Crippen LogP contribution is 2.33. The van der Waals surface area contributed by atoms with Crippen molar-refractivity contribution < 1.29 is 13.2 Å². The van der Waals surface area contributed by atoms with Gasteiger partial charge in [0.25, 0.3) is 5.91 Å². The van der Waals surface area contributed by atoms with Crippen LogP contribution < -0.4 is 10.0 Å². The Morgan fingerprint density at radius 3 is 2.24 bits per heavy atom. The van der Waals surface area contributed by atoms with Gasteiger partial charge in [-0.15, -0.1) is 11.3 Å². The zero-order chi connectivity index (χ0) is 15.8. The van der Waals surface area contributed by atoms with E-state index < -0.39 is 10.0 Å². The third-order valence-electron chi connectivity index (χ3n) is 2.74. The van der Waals surface area contributed by atoms with Crippen LogP contribution in [-0.2, 0) is 10.0 Å². The second kappa shape index (κ2) is 6.17. The fourth-order valence-corrected chi connectivity index (χ4v) is 4.94. The molecular formula is C12H10Br2N2O3S2. The molecule has 1 amide bonds. The number of anilines is 1. The number of thiophene rings is 1. The first-order valence-electron chi connectivity index (χ1n) is 5.56. The van der Waals surface area contributed by atoms with E-state index in [-0.39, 0.29) is 10.8 Å². The van der Waals surface area contributed by atoms with E-state index in [9.17, 15) is 13.2 Å². The van der Waals surface area contributed by atoms with Crippen LogP contribution in [-0.4, -0.2) is 21.4 Å². The standard InChI is InChI=1S/C12H10Br2N2O3S2/c1-16(12(17)9-6-10(13)20-11(9)14)7-2-4-8(5-3-7)21(15,18)19/h2-6H,1H3,(H2,15,18,19). The zero-order valence-corrected chi connectivity index (χ0v) is 15.5. The summed E-state index contributed by atoms with van der Waals surface area (Å²) in [6.07, 6.45) is 0. The quantitative estimate of drug-likeness (QED) is 0.774. The topological polar surface area (TPSA) is 80.5 Å². The molecule has 0 saturated heterocycles. The highest BCUT2D eigenvalue weighted by molar-refractivity contribution is 9.12. The molecule has 0 aliphatic heterocycles. The van der Waals surface area contributed by atoms with Crippen molar-refractivity contribution in [1.82, 2.24) is 0 Å². The van der Waals surface area contributed by atoms with Crippen LogP contribution in [0.4, 0.5) is 5.69 Å². The van der Waals surface area contributed by atoms with Crippen molar-refractivity contribution in [3.05, 3.63) is 43.5 Å². The minimum atomic E-state index is -3.74. The van der Waals surface area contributed by atoms with Crippen LogP contribution in [0.25, 0.3) is 0 Å². The first-order valence-corrected chi connectivity index (χ1v) is 9.51. The fraction of sp³-hybridized carbons (Fsp3) is 0.0833. The number of halogens is 2. The second-order valence-corrected chi connectivity index (χ2v) is 9.45. The lowest BCUT2D eigenvalue weighted by molar-refractivity contribution is 0.0993. The maximum atomic E-state index is 12.4. The Morgan fingerprint density at radius 2 is 1.81 bits per heavy atom. The lowest BCUT2D eigenvalue weighted by Gasteiger charge is -2.17. The van der Waals surface area contributed by atoms with Crippen LogP contribution in [0.3, 0.4) is 0 Å². The van der Waals surface area contributed by atoms with Crippen LogP contribution in [0.5, 0.6) is 0 Å². The van der Waals surface area contributed by atoms with Crippen LogP contribution in [0, 0.1) is 0 Å². The Bertz CT molecular complexity index is 785. The maximum absolute atomic E-state index is 12.4. The largest absolute Gasteiger partial charge is 0.311 e. The van der Waals surface area contributed by atoms with E-state index in [0.29, 0.717) is 11.3 Å². The SMILES string of the molecule is CN(C(=O)c1cc(Br)sc1Br)c1ccc(S(N)(=O)=O)cc1. The van der Waals surface area contributed by atoms with E-state index in [1.54, 1.807) is 13.1 Å². The van der Waals surface area contributed by atoms with Gasteiger partial charge in [0.15, 0.2) is 0 Å². The molecule has 9 heteroatoms. The summed E-state index contributed by atoms with van der Waals surface area (Å²) in [4.78, 5) is 13.8. The molecule has 0 aliphatic carbocycles. The van der Waals surface area contributed by atoms with E-state index in [2.05, 4.69) is 31.9 Å². The van der Waals surface area contributed by atoms with Crippen molar-refractivity contribution in [1.29, 1.82) is 0 Å². The van der Waals surface area contributed by atoms with Crippen molar-refractivity contribution >= 4 is 64.8 Å². The third-order valence-corrected chi connectivity index (χ3v) is 6.01. The lowest BCUT2D eigenvalue weighted by Crippen LogP contribution is -2.26. The van der Waals surface area contributed by atoms with Gasteiger partial charge >= 0.3 is 0 Å². The first kappa shape index (κ1) is 16.6. The average molecular weight is 454 g/mol. The number of nitrogens with zero attached hydrogens (tertiary/aromatic N) is 1. The Morgan fingerprint density at radius 1 is 1.24 bits per heavy atom. The smallest absolute Gasteiger partial charge is 0.260 e. The van der Waals surface area contributed by atoms with Crippen LogP contribution in [0.15, 0.2) is 42.8 Å². The molecule has 0 saturated carbocycles. The number of carbonyl (C=O) groups excluding carboxylic acids is 1. The predicted octanol–water partition coefficient (Wildman–Crippen LogP) is 3.20. The van der Waals surface area contributed by atoms with Crippen LogP contribution in [0.2, 0.25) is 0 Å². The summed E-state index contributed by atoms with van der Waals surface area (Å²) in [6.45, 7) is 0. The van der Waals surface area contributed by atoms with E-state index >= 15 is 0 Å². The zero-order valence-electron chi connectivity index (χ0n) is 10.7. The highest BCUT2D eigenvalue weighted by atomic mass is 79.9. The maximum Gasteiger partial charge on any atom is 0.260 e. The van der Waals surface area contributed by atoms with Crippen LogP contribution in [0.1, 0.15) is 10.4 Å². The summed E-state index contributed by atoms with van der Waals surface area (Å²) >= 11 is 8.07. The highest BCUT2D eigenvalue weighted by Gasteiger charge is 2.19. The molecule has 1 heterocycles. The molecule has 1 aromatic heterocycles. The van der Waals surface area contributed by atoms with E-state index in [0.717, 1.165) is 7.57 Å². The van der Waals surface area contributed by atoms with Gasteiger partial charge in [-0.2, -0.15) is 0 Å². The summed E-state index contributed by atoms with van der Waals surface area (Å²) in [7, 11) is -2.12. The number of primary sulfonamides is 1. The molecule has 0 spiro atoms. The van der Waals surface area contributed by atoms with Gasteiger partial charge in [0.05, 0.1) is 18.0 Å². The van der Waals surface area contributed by atoms with Crippen LogP contribution >= 0.6 is 43.2 Å². The molecule has 0 atom stereocenters. The Hall–Kier alpha value is -0.740. The molecule has 0 fully saturated rings. The van der Waals surface area contributed by atoms with Crippen molar-refractivity contribution in [3.8, 4) is 0 Å². The fourth-order valence-electron chi connectivity index (χ4n) is 1.64. The third kappa shape index (κ3) is 3.72. The van der Waals surface area contributed by atoms with Gasteiger partial charge in [0, 0.05) is 12.7 Å². The minimum absolute atomic E-state index is 0.00607. The molecule has 2 N–H and O–H groups in total. The van der Waals surface area contributed by atoms with E-state index in [1.807, 2.05) is 0 Å². The van der Waals surface area contributed by atoms with Gasteiger partial charge in [-0.1, -0.05) is 0 Å². The normalized spacial score (nSPS) is 11.4. The Kier molecular flexibility index (Phi) is 4.89. The monoisotopic (exact) mass is 452 g/mol. The molecule has 0 radical (unpaired) electrons. The summed E-state index contributed by atoms with van der Waals surface area (Å²) < 4.78 is 24.0. The number of sulfonamides is 1. The molecule has 0 unspecified atom stereocenters. The molecule has 0 aliphatic rings. The Balaban J connectivity index is 2.30. The van der Waals surface area contributed by atoms with Gasteiger partial charge in [-0.3, -0.25) is 4.79 Å². The molecule has 0 bridgehead atoms. The number of carbonyl (C=O) groups is 1.